The summed E-state index contributed by atoms with van der Waals surface area (Å²) in [6, 6.07) is 39.2. The van der Waals surface area contributed by atoms with E-state index in [9.17, 15) is 26.4 Å². The Labute approximate surface area is 600 Å². The van der Waals surface area contributed by atoms with Crippen LogP contribution >= 0.6 is 27.7 Å². The van der Waals surface area contributed by atoms with Gasteiger partial charge < -0.3 is 33.4 Å². The Kier molecular flexibility index (Phi) is 23.6. The molecule has 0 unspecified atom stereocenters. The molecule has 6 aromatic carbocycles. The predicted molar refractivity (Wildman–Crippen MR) is 415 cm³/mol. The summed E-state index contributed by atoms with van der Waals surface area (Å²) in [5.41, 5.74) is 40.5. The summed E-state index contributed by atoms with van der Waals surface area (Å²) in [5, 5.41) is 2.89. The molecule has 0 bridgehead atoms. The van der Waals surface area contributed by atoms with Crippen molar-refractivity contribution in [2.45, 2.75) is 178 Å². The number of halogens is 1. The lowest BCUT2D eigenvalue weighted by atomic mass is 10.0. The first kappa shape index (κ1) is 77.0. The molecule has 530 valence electrons. The Bertz CT molecular complexity index is 5020. The molecule has 13 rings (SSSR count). The van der Waals surface area contributed by atoms with Crippen molar-refractivity contribution in [3.05, 3.63) is 175 Å². The molecule has 100 heavy (non-hydrogen) atoms. The van der Waals surface area contributed by atoms with Crippen LogP contribution in [0.5, 0.6) is 5.75 Å². The van der Waals surface area contributed by atoms with Gasteiger partial charge >= 0.3 is 0 Å². The van der Waals surface area contributed by atoms with Crippen LogP contribution in [0, 0.1) is 0 Å². The lowest BCUT2D eigenvalue weighted by Gasteiger charge is -2.30. The number of guanidine groups is 1. The van der Waals surface area contributed by atoms with Crippen molar-refractivity contribution in [3.8, 4) is 5.75 Å². The van der Waals surface area contributed by atoms with E-state index >= 15 is 0 Å². The van der Waals surface area contributed by atoms with Crippen molar-refractivity contribution in [1.82, 2.24) is 23.8 Å². The monoisotopic (exact) mass is 1480 g/mol. The highest BCUT2D eigenvalue weighted by Crippen LogP contribution is 2.41. The molecule has 0 atom stereocenters. The predicted octanol–water partition coefficient (Wildman–Crippen LogP) is 15.6. The van der Waals surface area contributed by atoms with Crippen molar-refractivity contribution in [2.75, 3.05) is 24.3 Å². The van der Waals surface area contributed by atoms with Gasteiger partial charge in [-0.3, -0.25) is 19.1 Å². The standard InChI is InChI=1S/C15H15NOS.C13H18N2O2S.C13H18N2O.C12H13BrN2.C12H15N3O.C11H15N3O2S/c1-9(2)10-3-4-11-6-15-14(16-13(11)5-10)7-12(17)8-18-15;1-8(2)9-5-6-11-10(7-9)15-12(14)13(3,4)18(11,16)17;1-8(2)9-5-6-11-10(7-9)15-12(14)13(3,4)16-11;1-7(2)8-3-4-9-5-10(13)12(14)15-11(9)6-8;1-7(2)8-4-5-9-10(6-8)14-12(13)15(3)11(9)16;1-7(2)8-4-5-10-9(6-8)13-11(12)14(3)17(10,15)16/h3-6,9H,7-8H2,1-2H3;5-8H,1-4H3,(H2,14,15);5-8H,1-4H3,(H2,14,15);3-7H,1-2H3,(H2,14,15);4-7H,1-3H3,(H2,13,14);4-7H,1-3H3,(H2,12,13). The molecule has 3 aromatic heterocycles. The summed E-state index contributed by atoms with van der Waals surface area (Å²) in [4.78, 5) is 51.0. The fraction of sp³-hybridized carbons (Fsp3) is 0.368. The summed E-state index contributed by atoms with van der Waals surface area (Å²) in [7, 11) is -3.98. The van der Waals surface area contributed by atoms with Crippen molar-refractivity contribution in [3.63, 3.8) is 0 Å². The number of pyridine rings is 2. The second-order valence-electron chi connectivity index (χ2n) is 28.0. The molecule has 7 heterocycles. The van der Waals surface area contributed by atoms with Gasteiger partial charge in [-0.2, -0.15) is 0 Å². The third kappa shape index (κ3) is 17.0. The van der Waals surface area contributed by atoms with Crippen LogP contribution in [-0.2, 0) is 38.1 Å². The van der Waals surface area contributed by atoms with Gasteiger partial charge in [0.05, 0.1) is 60.5 Å². The molecule has 24 heteroatoms. The minimum absolute atomic E-state index is 0.00148. The van der Waals surface area contributed by atoms with E-state index in [1.165, 1.54) is 38.6 Å². The fourth-order valence-electron chi connectivity index (χ4n) is 10.6. The molecule has 0 amide bonds. The number of nitrogens with zero attached hydrogens (tertiary/aromatic N) is 8. The summed E-state index contributed by atoms with van der Waals surface area (Å²) >= 11 is 4.99. The second kappa shape index (κ2) is 30.6. The number of nitrogen functional groups attached to an aromatic ring is 2. The van der Waals surface area contributed by atoms with Crippen molar-refractivity contribution in [2.24, 2.45) is 39.2 Å². The number of hydrogen-bond acceptors (Lipinski definition) is 19. The number of ether oxygens (including phenoxy) is 1. The van der Waals surface area contributed by atoms with Crippen molar-refractivity contribution in [1.29, 1.82) is 0 Å². The minimum Gasteiger partial charge on any atom is -0.478 e. The maximum Gasteiger partial charge on any atom is 0.268 e. The number of Topliss-reactive ketones (excluding diaryl/α,β-unsaturated/α-hetero) is 1. The average molecular weight is 1480 g/mol. The quantitative estimate of drug-likeness (QED) is 0.103. The number of aromatic nitrogens is 4. The zero-order chi connectivity index (χ0) is 74.0. The van der Waals surface area contributed by atoms with Gasteiger partial charge in [-0.25, -0.2) is 46.1 Å². The van der Waals surface area contributed by atoms with Crippen LogP contribution in [0.3, 0.4) is 0 Å². The Morgan fingerprint density at radius 1 is 0.520 bits per heavy atom. The zero-order valence-corrected chi connectivity index (χ0v) is 64.4. The number of amidine groups is 2. The molecule has 20 nitrogen and oxygen atoms in total. The van der Waals surface area contributed by atoms with E-state index < -0.39 is 30.2 Å². The summed E-state index contributed by atoms with van der Waals surface area (Å²) in [5.74, 6) is 5.70. The molecular formula is C76H94BrN13O7S3. The topological polar surface area (TPSA) is 326 Å². The number of anilines is 2. The number of benzene rings is 6. The van der Waals surface area contributed by atoms with E-state index in [4.69, 9.17) is 33.4 Å². The highest BCUT2D eigenvalue weighted by atomic mass is 79.9. The van der Waals surface area contributed by atoms with Gasteiger partial charge in [-0.05, 0) is 185 Å². The van der Waals surface area contributed by atoms with Crippen LogP contribution in [0.2, 0.25) is 0 Å². The molecule has 0 radical (unpaired) electrons. The maximum absolute atomic E-state index is 12.5. The lowest BCUT2D eigenvalue weighted by Crippen LogP contribution is -2.47. The van der Waals surface area contributed by atoms with Crippen molar-refractivity contribution < 1.29 is 26.4 Å². The number of thioether (sulfide) groups is 1. The average Bonchev–Trinajstić information content (AvgIpc) is 0.745. The normalized spacial score (nSPS) is 15.8. The molecule has 0 aliphatic carbocycles. The third-order valence-electron chi connectivity index (χ3n) is 17.8. The number of aliphatic imine (C=N–C) groups is 3. The van der Waals surface area contributed by atoms with Crippen LogP contribution in [-0.4, -0.2) is 87.2 Å². The summed E-state index contributed by atoms with van der Waals surface area (Å²) in [6.45, 7) is 32.4. The molecule has 0 saturated heterocycles. The molecule has 0 spiro atoms. The fourth-order valence-corrected chi connectivity index (χ4v) is 14.6. The Morgan fingerprint density at radius 2 is 0.970 bits per heavy atom. The molecule has 0 saturated carbocycles. The summed E-state index contributed by atoms with van der Waals surface area (Å²) < 4.78 is 56.9. The van der Waals surface area contributed by atoms with Gasteiger partial charge in [-0.1, -0.05) is 132 Å². The smallest absolute Gasteiger partial charge is 0.268 e. The highest BCUT2D eigenvalue weighted by Gasteiger charge is 2.44. The van der Waals surface area contributed by atoms with E-state index in [-0.39, 0.29) is 38.9 Å². The van der Waals surface area contributed by atoms with Crippen LogP contribution in [0.1, 0.15) is 185 Å². The van der Waals surface area contributed by atoms with Gasteiger partial charge in [0.25, 0.3) is 15.6 Å². The Morgan fingerprint density at radius 3 is 1.52 bits per heavy atom. The van der Waals surface area contributed by atoms with E-state index in [2.05, 4.69) is 164 Å². The van der Waals surface area contributed by atoms with Gasteiger partial charge in [0, 0.05) is 29.8 Å². The van der Waals surface area contributed by atoms with Crippen LogP contribution in [0.15, 0.2) is 160 Å². The Balaban J connectivity index is 0.000000153. The molecule has 10 N–H and O–H groups in total. The zero-order valence-electron chi connectivity index (χ0n) is 60.4. The number of ketones is 1. The second-order valence-corrected chi connectivity index (χ2v) is 34.3. The van der Waals surface area contributed by atoms with E-state index in [1.54, 1.807) is 56.9 Å². The van der Waals surface area contributed by atoms with Crippen LogP contribution in [0.25, 0.3) is 32.7 Å². The number of hydrogen-bond donors (Lipinski definition) is 5. The van der Waals surface area contributed by atoms with Crippen molar-refractivity contribution >= 4 is 133 Å². The number of sulfonamides is 1. The molecule has 4 aliphatic rings. The van der Waals surface area contributed by atoms with E-state index in [1.807, 2.05) is 76.2 Å². The number of carbonyl (C=O) groups excluding carboxylic acids is 1. The number of nitrogens with two attached hydrogens (primary N) is 5. The molecular weight excluding hydrogens is 1380 g/mol. The molecule has 0 fully saturated rings. The van der Waals surface area contributed by atoms with E-state index in [0.717, 1.165) is 59.0 Å². The number of carbonyl (C=O) groups is 1. The third-order valence-corrected chi connectivity index (χ3v) is 23.8. The number of fused-ring (bicyclic) bond motifs is 7. The molecule has 9 aromatic rings. The van der Waals surface area contributed by atoms with Gasteiger partial charge in [0.1, 0.15) is 44.4 Å². The lowest BCUT2D eigenvalue weighted by molar-refractivity contribution is -0.116. The first-order valence-electron chi connectivity index (χ1n) is 33.2. The first-order valence-corrected chi connectivity index (χ1v) is 37.9. The SMILES string of the molecule is CC(C)c1ccc2c(=O)n(C)c(N)nc2c1.CC(C)c1ccc2c(c1)N=C(N)C(C)(C)O2.CC(C)c1ccc2c(c1)N=C(N)C(C)(C)S2(=O)=O.CC(C)c1ccc2c(c1)N=C(N)N(C)S2(=O)=O.CC(C)c1ccc2cc(Br)c(N)nc2c1.CC(C)c1ccc2cc3c(nc2c1)CC(=O)CS3. The van der Waals surface area contributed by atoms with Gasteiger partial charge in [0.2, 0.25) is 11.9 Å². The molecule has 4 aliphatic heterocycles. The van der Waals surface area contributed by atoms with E-state index in [0.29, 0.717) is 81.6 Å². The Hall–Kier alpha value is -8.71. The van der Waals surface area contributed by atoms with Gasteiger partial charge in [-0.15, -0.1) is 11.8 Å². The number of sulfone groups is 1. The highest BCUT2D eigenvalue weighted by molar-refractivity contribution is 9.10. The van der Waals surface area contributed by atoms with Crippen LogP contribution < -0.4 is 39.0 Å². The van der Waals surface area contributed by atoms with Crippen LogP contribution in [0.4, 0.5) is 28.8 Å². The first-order chi connectivity index (χ1) is 46.6. The largest absolute Gasteiger partial charge is 0.478 e. The number of rotatable bonds is 6. The van der Waals surface area contributed by atoms with Gasteiger partial charge in [0.15, 0.2) is 15.4 Å². The summed E-state index contributed by atoms with van der Waals surface area (Å²) in [6.07, 6.45) is 0.490. The maximum atomic E-state index is 12.5. The minimum atomic E-state index is -3.53.